The number of nitrogens with one attached hydrogen (secondary N) is 2. The van der Waals surface area contributed by atoms with Crippen molar-refractivity contribution in [2.24, 2.45) is 0 Å². The Morgan fingerprint density at radius 2 is 1.50 bits per heavy atom. The Hall–Kier alpha value is -2.62. The van der Waals surface area contributed by atoms with Crippen molar-refractivity contribution < 1.29 is 9.59 Å². The summed E-state index contributed by atoms with van der Waals surface area (Å²) in [5.74, 6) is -1.25. The molecule has 2 N–H and O–H groups in total. The number of benzene rings is 2. The zero-order valence-electron chi connectivity index (χ0n) is 12.6. The van der Waals surface area contributed by atoms with E-state index >= 15 is 0 Å². The molecule has 0 aliphatic rings. The van der Waals surface area contributed by atoms with Crippen LogP contribution in [0.4, 0.5) is 5.69 Å². The van der Waals surface area contributed by atoms with Gasteiger partial charge in [0.1, 0.15) is 0 Å². The number of carbonyl (C=O) groups is 2. The number of amides is 2. The SMILES string of the molecule is C[C@H](CCc1ccccc1)NC(=O)C(=O)Nc1ccccc1. The summed E-state index contributed by atoms with van der Waals surface area (Å²) in [7, 11) is 0. The molecule has 0 aliphatic carbocycles. The summed E-state index contributed by atoms with van der Waals surface area (Å²) in [6.45, 7) is 1.90. The first-order valence-corrected chi connectivity index (χ1v) is 7.36. The fourth-order valence-electron chi connectivity index (χ4n) is 2.10. The molecular weight excluding hydrogens is 276 g/mol. The minimum absolute atomic E-state index is 0.0609. The number of rotatable bonds is 5. The van der Waals surface area contributed by atoms with Gasteiger partial charge in [-0.25, -0.2) is 0 Å². The maximum absolute atomic E-state index is 11.8. The molecule has 22 heavy (non-hydrogen) atoms. The molecule has 0 aliphatic heterocycles. The second kappa shape index (κ2) is 7.98. The van der Waals surface area contributed by atoms with Gasteiger partial charge in [-0.2, -0.15) is 0 Å². The Morgan fingerprint density at radius 1 is 0.909 bits per heavy atom. The average Bonchev–Trinajstić information content (AvgIpc) is 2.55. The standard InChI is InChI=1S/C18H20N2O2/c1-14(12-13-15-8-4-2-5-9-15)19-17(21)18(22)20-16-10-6-3-7-11-16/h2-11,14H,12-13H2,1H3,(H,19,21)(H,20,22)/t14-/m1/s1. The summed E-state index contributed by atoms with van der Waals surface area (Å²) in [6, 6.07) is 18.9. The highest BCUT2D eigenvalue weighted by Gasteiger charge is 2.16. The number of hydrogen-bond acceptors (Lipinski definition) is 2. The van der Waals surface area contributed by atoms with Crippen molar-refractivity contribution in [1.82, 2.24) is 5.32 Å². The molecule has 0 radical (unpaired) electrons. The van der Waals surface area contributed by atoms with Gasteiger partial charge in [0.25, 0.3) is 0 Å². The molecule has 0 saturated heterocycles. The number of para-hydroxylation sites is 1. The van der Waals surface area contributed by atoms with Crippen LogP contribution in [0.2, 0.25) is 0 Å². The van der Waals surface area contributed by atoms with E-state index in [9.17, 15) is 9.59 Å². The van der Waals surface area contributed by atoms with Crippen LogP contribution >= 0.6 is 0 Å². The van der Waals surface area contributed by atoms with Gasteiger partial charge in [0.15, 0.2) is 0 Å². The Kier molecular flexibility index (Phi) is 5.72. The van der Waals surface area contributed by atoms with Crippen LogP contribution in [0.5, 0.6) is 0 Å². The van der Waals surface area contributed by atoms with Crippen LogP contribution in [0.15, 0.2) is 60.7 Å². The maximum atomic E-state index is 11.8. The second-order valence-electron chi connectivity index (χ2n) is 5.22. The van der Waals surface area contributed by atoms with E-state index in [0.29, 0.717) is 5.69 Å². The fourth-order valence-corrected chi connectivity index (χ4v) is 2.10. The largest absolute Gasteiger partial charge is 0.345 e. The van der Waals surface area contributed by atoms with Gasteiger partial charge >= 0.3 is 11.8 Å². The van der Waals surface area contributed by atoms with Crippen molar-refractivity contribution in [3.05, 3.63) is 66.2 Å². The van der Waals surface area contributed by atoms with Crippen molar-refractivity contribution in [3.8, 4) is 0 Å². The number of carbonyl (C=O) groups excluding carboxylic acids is 2. The highest BCUT2D eigenvalue weighted by Crippen LogP contribution is 2.06. The third-order valence-electron chi connectivity index (χ3n) is 3.32. The van der Waals surface area contributed by atoms with Gasteiger partial charge in [-0.1, -0.05) is 48.5 Å². The fraction of sp³-hybridized carbons (Fsp3) is 0.222. The van der Waals surface area contributed by atoms with E-state index in [1.165, 1.54) is 5.56 Å². The van der Waals surface area contributed by atoms with Gasteiger partial charge in [-0.3, -0.25) is 9.59 Å². The zero-order chi connectivity index (χ0) is 15.8. The summed E-state index contributed by atoms with van der Waals surface area (Å²) in [6.07, 6.45) is 1.65. The first-order chi connectivity index (χ1) is 10.6. The van der Waals surface area contributed by atoms with Crippen molar-refractivity contribution in [2.45, 2.75) is 25.8 Å². The lowest BCUT2D eigenvalue weighted by Crippen LogP contribution is -2.40. The van der Waals surface area contributed by atoms with E-state index in [4.69, 9.17) is 0 Å². The van der Waals surface area contributed by atoms with E-state index in [0.717, 1.165) is 12.8 Å². The molecule has 0 fully saturated rings. The van der Waals surface area contributed by atoms with Crippen LogP contribution in [-0.2, 0) is 16.0 Å². The molecule has 0 unspecified atom stereocenters. The first-order valence-electron chi connectivity index (χ1n) is 7.36. The molecule has 0 heterocycles. The lowest BCUT2D eigenvalue weighted by atomic mass is 10.1. The molecule has 0 bridgehead atoms. The minimum Gasteiger partial charge on any atom is -0.345 e. The third kappa shape index (κ3) is 5.05. The van der Waals surface area contributed by atoms with Gasteiger partial charge in [0.05, 0.1) is 0 Å². The molecule has 2 aromatic rings. The molecular formula is C18H20N2O2. The van der Waals surface area contributed by atoms with Crippen molar-refractivity contribution in [3.63, 3.8) is 0 Å². The summed E-state index contributed by atoms with van der Waals surface area (Å²) in [5, 5.41) is 5.29. The summed E-state index contributed by atoms with van der Waals surface area (Å²) < 4.78 is 0. The molecule has 2 rings (SSSR count). The average molecular weight is 296 g/mol. The molecule has 4 heteroatoms. The van der Waals surface area contributed by atoms with E-state index in [1.54, 1.807) is 24.3 Å². The normalized spacial score (nSPS) is 11.5. The third-order valence-corrected chi connectivity index (χ3v) is 3.32. The van der Waals surface area contributed by atoms with Crippen LogP contribution < -0.4 is 10.6 Å². The van der Waals surface area contributed by atoms with Crippen LogP contribution in [0.25, 0.3) is 0 Å². The van der Waals surface area contributed by atoms with E-state index in [-0.39, 0.29) is 6.04 Å². The van der Waals surface area contributed by atoms with Crippen LogP contribution in [0.3, 0.4) is 0 Å². The molecule has 0 saturated carbocycles. The van der Waals surface area contributed by atoms with Gasteiger partial charge < -0.3 is 10.6 Å². The summed E-state index contributed by atoms with van der Waals surface area (Å²) in [4.78, 5) is 23.6. The molecule has 2 aromatic carbocycles. The molecule has 0 spiro atoms. The van der Waals surface area contributed by atoms with E-state index in [1.807, 2.05) is 31.2 Å². The van der Waals surface area contributed by atoms with Gasteiger partial charge in [-0.05, 0) is 37.5 Å². The van der Waals surface area contributed by atoms with Crippen LogP contribution in [0.1, 0.15) is 18.9 Å². The summed E-state index contributed by atoms with van der Waals surface area (Å²) in [5.41, 5.74) is 1.83. The van der Waals surface area contributed by atoms with E-state index < -0.39 is 11.8 Å². The lowest BCUT2D eigenvalue weighted by Gasteiger charge is -2.13. The van der Waals surface area contributed by atoms with Crippen molar-refractivity contribution >= 4 is 17.5 Å². The minimum atomic E-state index is -0.641. The molecule has 0 aromatic heterocycles. The monoisotopic (exact) mass is 296 g/mol. The lowest BCUT2D eigenvalue weighted by molar-refractivity contribution is -0.136. The maximum Gasteiger partial charge on any atom is 0.313 e. The number of aryl methyl sites for hydroxylation is 1. The second-order valence-corrected chi connectivity index (χ2v) is 5.22. The van der Waals surface area contributed by atoms with E-state index in [2.05, 4.69) is 22.8 Å². The van der Waals surface area contributed by atoms with Gasteiger partial charge in [0, 0.05) is 11.7 Å². The molecule has 114 valence electrons. The Balaban J connectivity index is 1.77. The Morgan fingerprint density at radius 3 is 2.14 bits per heavy atom. The first kappa shape index (κ1) is 15.8. The molecule has 1 atom stereocenters. The van der Waals surface area contributed by atoms with Crippen molar-refractivity contribution in [2.75, 3.05) is 5.32 Å². The van der Waals surface area contributed by atoms with Gasteiger partial charge in [-0.15, -0.1) is 0 Å². The number of anilines is 1. The van der Waals surface area contributed by atoms with Gasteiger partial charge in [0.2, 0.25) is 0 Å². The highest BCUT2D eigenvalue weighted by atomic mass is 16.2. The predicted octanol–water partition coefficient (Wildman–Crippen LogP) is 2.76. The Bertz CT molecular complexity index is 611. The highest BCUT2D eigenvalue weighted by molar-refractivity contribution is 6.39. The topological polar surface area (TPSA) is 58.2 Å². The zero-order valence-corrected chi connectivity index (χ0v) is 12.6. The van der Waals surface area contributed by atoms with Crippen LogP contribution in [0, 0.1) is 0 Å². The molecule has 4 nitrogen and oxygen atoms in total. The van der Waals surface area contributed by atoms with Crippen molar-refractivity contribution in [1.29, 1.82) is 0 Å². The summed E-state index contributed by atoms with van der Waals surface area (Å²) >= 11 is 0. The predicted molar refractivity (Wildman–Crippen MR) is 87.4 cm³/mol. The molecule has 2 amide bonds. The Labute approximate surface area is 130 Å². The quantitative estimate of drug-likeness (QED) is 0.834. The smallest absolute Gasteiger partial charge is 0.313 e. The van der Waals surface area contributed by atoms with Crippen LogP contribution in [-0.4, -0.2) is 17.9 Å². The number of hydrogen-bond donors (Lipinski definition) is 2.